The van der Waals surface area contributed by atoms with E-state index >= 15 is 0 Å². The molecule has 1 aromatic rings. The number of Topliss-reactive ketones (excluding diaryl/α,β-unsaturated/α-hetero) is 1. The number of aromatic nitrogens is 1. The fraction of sp³-hybridized carbons (Fsp3) is 0.650. The Hall–Kier alpha value is -2.19. The number of ketones is 1. The Morgan fingerprint density at radius 3 is 2.50 bits per heavy atom. The van der Waals surface area contributed by atoms with E-state index in [2.05, 4.69) is 9.88 Å². The molecule has 0 radical (unpaired) electrons. The number of H-pyrrole nitrogens is 1. The lowest BCUT2D eigenvalue weighted by Gasteiger charge is -2.22. The average molecular weight is 393 g/mol. The number of carbonyl (C=O) groups is 3. The summed E-state index contributed by atoms with van der Waals surface area (Å²) in [5.41, 5.74) is 1.61. The second-order valence-electron chi connectivity index (χ2n) is 7.13. The highest BCUT2D eigenvalue weighted by atomic mass is 16.5. The Bertz CT molecular complexity index is 713. The summed E-state index contributed by atoms with van der Waals surface area (Å²) in [6.07, 6.45) is 1.93. The molecular weight excluding hydrogens is 362 g/mol. The van der Waals surface area contributed by atoms with E-state index in [9.17, 15) is 14.4 Å². The Morgan fingerprint density at radius 2 is 1.86 bits per heavy atom. The van der Waals surface area contributed by atoms with Gasteiger partial charge in [0.15, 0.2) is 5.78 Å². The van der Waals surface area contributed by atoms with Crippen molar-refractivity contribution in [3.05, 3.63) is 22.5 Å². The van der Waals surface area contributed by atoms with Crippen LogP contribution in [0.25, 0.3) is 0 Å². The number of rotatable bonds is 8. The monoisotopic (exact) mass is 393 g/mol. The number of nitrogens with one attached hydrogen (secondary N) is 1. The van der Waals surface area contributed by atoms with Crippen molar-refractivity contribution >= 4 is 17.7 Å². The summed E-state index contributed by atoms with van der Waals surface area (Å²) < 4.78 is 9.95. The van der Waals surface area contributed by atoms with Crippen LogP contribution in [0.1, 0.15) is 51.9 Å². The highest BCUT2D eigenvalue weighted by Gasteiger charge is 2.26. The molecule has 0 saturated carbocycles. The first-order valence-corrected chi connectivity index (χ1v) is 9.68. The van der Waals surface area contributed by atoms with Gasteiger partial charge in [0.2, 0.25) is 5.91 Å². The SMILES string of the molecule is COCCCN1CCCN(C(=O)Cc2[nH]c(C(C)=O)c(C)c2C(=O)OC)CC1. The molecule has 1 aliphatic rings. The quantitative estimate of drug-likeness (QED) is 0.408. The minimum Gasteiger partial charge on any atom is -0.465 e. The minimum absolute atomic E-state index is 0.0439. The zero-order valence-electron chi connectivity index (χ0n) is 17.3. The van der Waals surface area contributed by atoms with E-state index in [1.807, 2.05) is 4.90 Å². The summed E-state index contributed by atoms with van der Waals surface area (Å²) in [5, 5.41) is 0. The molecule has 0 spiro atoms. The number of carbonyl (C=O) groups excluding carboxylic acids is 3. The number of nitrogens with zero attached hydrogens (tertiary/aromatic N) is 2. The van der Waals surface area contributed by atoms with Gasteiger partial charge in [-0.2, -0.15) is 0 Å². The van der Waals surface area contributed by atoms with Gasteiger partial charge in [-0.25, -0.2) is 4.79 Å². The molecule has 1 amide bonds. The summed E-state index contributed by atoms with van der Waals surface area (Å²) in [6.45, 7) is 7.93. The average Bonchev–Trinajstić information content (AvgIpc) is 2.83. The maximum absolute atomic E-state index is 12.9. The summed E-state index contributed by atoms with van der Waals surface area (Å²) in [7, 11) is 2.99. The molecule has 8 heteroatoms. The van der Waals surface area contributed by atoms with Gasteiger partial charge in [0.1, 0.15) is 0 Å². The summed E-state index contributed by atoms with van der Waals surface area (Å²) >= 11 is 0. The number of ether oxygens (including phenoxy) is 2. The Balaban J connectivity index is 2.07. The molecule has 0 unspecified atom stereocenters. The van der Waals surface area contributed by atoms with Crippen LogP contribution >= 0.6 is 0 Å². The molecule has 0 bridgehead atoms. The fourth-order valence-corrected chi connectivity index (χ4v) is 3.66. The molecule has 8 nitrogen and oxygen atoms in total. The predicted molar refractivity (Wildman–Crippen MR) is 105 cm³/mol. The van der Waals surface area contributed by atoms with E-state index in [4.69, 9.17) is 9.47 Å². The van der Waals surface area contributed by atoms with Crippen LogP contribution in [-0.2, 0) is 20.7 Å². The first-order valence-electron chi connectivity index (χ1n) is 9.68. The second-order valence-corrected chi connectivity index (χ2v) is 7.13. The molecule has 2 heterocycles. The molecule has 1 N–H and O–H groups in total. The van der Waals surface area contributed by atoms with Crippen molar-refractivity contribution in [3.8, 4) is 0 Å². The molecular formula is C20H31N3O5. The largest absolute Gasteiger partial charge is 0.465 e. The van der Waals surface area contributed by atoms with Gasteiger partial charge in [-0.15, -0.1) is 0 Å². The van der Waals surface area contributed by atoms with Crippen LogP contribution in [0, 0.1) is 6.92 Å². The highest BCUT2D eigenvalue weighted by molar-refractivity contribution is 6.01. The third-order valence-corrected chi connectivity index (χ3v) is 5.16. The number of amides is 1. The van der Waals surface area contributed by atoms with Gasteiger partial charge in [-0.05, 0) is 31.9 Å². The molecule has 1 saturated heterocycles. The van der Waals surface area contributed by atoms with Gasteiger partial charge >= 0.3 is 5.97 Å². The molecule has 156 valence electrons. The van der Waals surface area contributed by atoms with Crippen molar-refractivity contribution in [1.82, 2.24) is 14.8 Å². The van der Waals surface area contributed by atoms with E-state index in [0.29, 0.717) is 30.0 Å². The van der Waals surface area contributed by atoms with Crippen molar-refractivity contribution in [1.29, 1.82) is 0 Å². The van der Waals surface area contributed by atoms with Crippen LogP contribution in [0.15, 0.2) is 0 Å². The van der Waals surface area contributed by atoms with Gasteiger partial charge in [0.05, 0.1) is 24.8 Å². The highest BCUT2D eigenvalue weighted by Crippen LogP contribution is 2.21. The van der Waals surface area contributed by atoms with Gasteiger partial charge < -0.3 is 24.3 Å². The Labute approximate surface area is 166 Å². The molecule has 28 heavy (non-hydrogen) atoms. The maximum atomic E-state index is 12.9. The van der Waals surface area contributed by atoms with Crippen molar-refractivity contribution in [2.75, 3.05) is 53.6 Å². The topological polar surface area (TPSA) is 91.9 Å². The minimum atomic E-state index is -0.538. The smallest absolute Gasteiger partial charge is 0.339 e. The Morgan fingerprint density at radius 1 is 1.11 bits per heavy atom. The van der Waals surface area contributed by atoms with Crippen molar-refractivity contribution in [3.63, 3.8) is 0 Å². The van der Waals surface area contributed by atoms with Gasteiger partial charge in [-0.1, -0.05) is 0 Å². The molecule has 0 atom stereocenters. The number of aromatic amines is 1. The summed E-state index contributed by atoms with van der Waals surface area (Å²) in [5.74, 6) is -0.771. The molecule has 1 aromatic heterocycles. The Kier molecular flexibility index (Phi) is 8.19. The lowest BCUT2D eigenvalue weighted by atomic mass is 10.1. The number of hydrogen-bond donors (Lipinski definition) is 1. The van der Waals surface area contributed by atoms with Crippen LogP contribution in [-0.4, -0.2) is 86.0 Å². The van der Waals surface area contributed by atoms with Crippen LogP contribution in [0.4, 0.5) is 0 Å². The van der Waals surface area contributed by atoms with Crippen LogP contribution in [0.2, 0.25) is 0 Å². The van der Waals surface area contributed by atoms with E-state index < -0.39 is 5.97 Å². The van der Waals surface area contributed by atoms with E-state index in [0.717, 1.165) is 39.1 Å². The first-order chi connectivity index (χ1) is 13.4. The lowest BCUT2D eigenvalue weighted by Crippen LogP contribution is -2.36. The molecule has 0 aliphatic carbocycles. The number of esters is 1. The number of methoxy groups -OCH3 is 2. The van der Waals surface area contributed by atoms with Gasteiger partial charge in [0, 0.05) is 52.5 Å². The van der Waals surface area contributed by atoms with Crippen LogP contribution < -0.4 is 0 Å². The van der Waals surface area contributed by atoms with Crippen molar-refractivity contribution in [2.45, 2.75) is 33.1 Å². The van der Waals surface area contributed by atoms with E-state index in [1.54, 1.807) is 14.0 Å². The van der Waals surface area contributed by atoms with Crippen molar-refractivity contribution in [2.24, 2.45) is 0 Å². The summed E-state index contributed by atoms with van der Waals surface area (Å²) in [6, 6.07) is 0. The van der Waals surface area contributed by atoms with Crippen LogP contribution in [0.3, 0.4) is 0 Å². The standard InChI is InChI=1S/C20H31N3O5/c1-14-18(20(26)28-4)16(21-19(14)15(2)24)13-17(25)23-9-5-7-22(10-11-23)8-6-12-27-3/h21H,5-13H2,1-4H3. The third kappa shape index (κ3) is 5.42. The molecule has 1 fully saturated rings. The first kappa shape index (κ1) is 22.1. The zero-order valence-corrected chi connectivity index (χ0v) is 17.3. The molecule has 2 rings (SSSR count). The maximum Gasteiger partial charge on any atom is 0.339 e. The van der Waals surface area contributed by atoms with Crippen LogP contribution in [0.5, 0.6) is 0 Å². The third-order valence-electron chi connectivity index (χ3n) is 5.16. The zero-order chi connectivity index (χ0) is 20.7. The van der Waals surface area contributed by atoms with E-state index in [1.165, 1.54) is 14.0 Å². The normalized spacial score (nSPS) is 15.4. The van der Waals surface area contributed by atoms with Gasteiger partial charge in [-0.3, -0.25) is 9.59 Å². The number of hydrogen-bond acceptors (Lipinski definition) is 6. The second kappa shape index (κ2) is 10.4. The lowest BCUT2D eigenvalue weighted by molar-refractivity contribution is -0.130. The summed E-state index contributed by atoms with van der Waals surface area (Å²) in [4.78, 5) is 44.0. The van der Waals surface area contributed by atoms with E-state index in [-0.39, 0.29) is 23.7 Å². The fourth-order valence-electron chi connectivity index (χ4n) is 3.66. The molecule has 0 aromatic carbocycles. The van der Waals surface area contributed by atoms with Crippen molar-refractivity contribution < 1.29 is 23.9 Å². The molecule has 1 aliphatic heterocycles. The predicted octanol–water partition coefficient (Wildman–Crippen LogP) is 1.43. The van der Waals surface area contributed by atoms with Gasteiger partial charge in [0.25, 0.3) is 0 Å².